The van der Waals surface area contributed by atoms with Crippen LogP contribution in [0.2, 0.25) is 0 Å². The number of ether oxygens (including phenoxy) is 3. The van der Waals surface area contributed by atoms with Gasteiger partial charge in [-0.2, -0.15) is 0 Å². The Kier molecular flexibility index (Phi) is 6.76. The van der Waals surface area contributed by atoms with Gasteiger partial charge in [-0.25, -0.2) is 0 Å². The van der Waals surface area contributed by atoms with Gasteiger partial charge in [-0.05, 0) is 56.6 Å². The second-order valence-electron chi connectivity index (χ2n) is 5.26. The smallest absolute Gasteiger partial charge is 0.161 e. The molecule has 0 spiro atoms. The number of hydrogen-bond acceptors (Lipinski definition) is 4. The molecular formula is C19H25NO3. The number of benzene rings is 2. The minimum absolute atomic E-state index is 0.462. The fourth-order valence-electron chi connectivity index (χ4n) is 2.21. The Labute approximate surface area is 138 Å². The van der Waals surface area contributed by atoms with Crippen molar-refractivity contribution in [1.29, 1.82) is 0 Å². The molecule has 0 aliphatic heterocycles. The quantitative estimate of drug-likeness (QED) is 0.721. The second-order valence-corrected chi connectivity index (χ2v) is 5.26. The van der Waals surface area contributed by atoms with Gasteiger partial charge in [-0.3, -0.25) is 0 Å². The summed E-state index contributed by atoms with van der Waals surface area (Å²) in [6.07, 6.45) is 0.830. The van der Waals surface area contributed by atoms with E-state index in [1.54, 1.807) is 0 Å². The van der Waals surface area contributed by atoms with Crippen LogP contribution in [-0.2, 0) is 6.42 Å². The molecule has 0 saturated carbocycles. The lowest BCUT2D eigenvalue weighted by Gasteiger charge is -2.14. The molecule has 2 rings (SSSR count). The summed E-state index contributed by atoms with van der Waals surface area (Å²) in [5.74, 6) is 2.34. The van der Waals surface area contributed by atoms with Crippen molar-refractivity contribution >= 4 is 0 Å². The van der Waals surface area contributed by atoms with Crippen molar-refractivity contribution in [2.45, 2.75) is 20.3 Å². The third-order valence-electron chi connectivity index (χ3n) is 3.37. The number of aryl methyl sites for hydroxylation is 1. The largest absolute Gasteiger partial charge is 0.490 e. The maximum atomic E-state index is 5.79. The predicted molar refractivity (Wildman–Crippen MR) is 92.5 cm³/mol. The van der Waals surface area contributed by atoms with Crippen LogP contribution in [0.4, 0.5) is 0 Å². The lowest BCUT2D eigenvalue weighted by molar-refractivity contribution is 0.208. The van der Waals surface area contributed by atoms with E-state index in [2.05, 4.69) is 6.92 Å². The summed E-state index contributed by atoms with van der Waals surface area (Å²) >= 11 is 0. The molecule has 0 saturated heterocycles. The van der Waals surface area contributed by atoms with Gasteiger partial charge in [0.05, 0.1) is 6.61 Å². The van der Waals surface area contributed by atoms with Crippen LogP contribution in [-0.4, -0.2) is 26.4 Å². The summed E-state index contributed by atoms with van der Waals surface area (Å²) in [6.45, 7) is 6.18. The summed E-state index contributed by atoms with van der Waals surface area (Å²) in [5.41, 5.74) is 7.96. The van der Waals surface area contributed by atoms with E-state index in [9.17, 15) is 0 Å². The lowest BCUT2D eigenvalue weighted by Crippen LogP contribution is -2.10. The van der Waals surface area contributed by atoms with Crippen molar-refractivity contribution in [2.75, 3.05) is 26.4 Å². The highest BCUT2D eigenvalue weighted by Gasteiger charge is 2.06. The van der Waals surface area contributed by atoms with Gasteiger partial charge in [0.15, 0.2) is 11.5 Å². The van der Waals surface area contributed by atoms with E-state index < -0.39 is 0 Å². The Balaban J connectivity index is 1.87. The highest BCUT2D eigenvalue weighted by molar-refractivity contribution is 5.43. The topological polar surface area (TPSA) is 53.7 Å². The number of rotatable bonds is 9. The molecule has 2 aromatic rings. The van der Waals surface area contributed by atoms with Crippen LogP contribution < -0.4 is 19.9 Å². The molecule has 4 nitrogen and oxygen atoms in total. The monoisotopic (exact) mass is 315 g/mol. The Bertz CT molecular complexity index is 596. The summed E-state index contributed by atoms with van der Waals surface area (Å²) in [7, 11) is 0. The molecule has 2 aromatic carbocycles. The van der Waals surface area contributed by atoms with Crippen molar-refractivity contribution in [3.63, 3.8) is 0 Å². The molecule has 0 amide bonds. The molecule has 0 aliphatic carbocycles. The van der Waals surface area contributed by atoms with Crippen LogP contribution in [0.3, 0.4) is 0 Å². The Morgan fingerprint density at radius 1 is 0.870 bits per heavy atom. The molecule has 0 aliphatic rings. The van der Waals surface area contributed by atoms with E-state index in [1.807, 2.05) is 49.4 Å². The van der Waals surface area contributed by atoms with Gasteiger partial charge in [0, 0.05) is 0 Å². The third kappa shape index (κ3) is 5.49. The first-order chi connectivity index (χ1) is 11.2. The lowest BCUT2D eigenvalue weighted by atomic mass is 10.1. The zero-order valence-corrected chi connectivity index (χ0v) is 13.9. The van der Waals surface area contributed by atoms with Crippen molar-refractivity contribution in [1.82, 2.24) is 0 Å². The molecule has 23 heavy (non-hydrogen) atoms. The third-order valence-corrected chi connectivity index (χ3v) is 3.37. The van der Waals surface area contributed by atoms with Crippen LogP contribution >= 0.6 is 0 Å². The predicted octanol–water partition coefficient (Wildman–Crippen LogP) is 3.35. The first-order valence-electron chi connectivity index (χ1n) is 8.01. The molecule has 124 valence electrons. The van der Waals surface area contributed by atoms with E-state index in [0.717, 1.165) is 29.2 Å². The average molecular weight is 315 g/mol. The Morgan fingerprint density at radius 2 is 1.61 bits per heavy atom. The molecule has 0 bridgehead atoms. The van der Waals surface area contributed by atoms with Gasteiger partial charge >= 0.3 is 0 Å². The normalized spacial score (nSPS) is 10.4. The molecule has 0 heterocycles. The van der Waals surface area contributed by atoms with Gasteiger partial charge in [0.1, 0.15) is 19.0 Å². The van der Waals surface area contributed by atoms with Crippen molar-refractivity contribution in [3.8, 4) is 17.2 Å². The minimum atomic E-state index is 0.462. The van der Waals surface area contributed by atoms with E-state index in [0.29, 0.717) is 26.4 Å². The summed E-state index contributed by atoms with van der Waals surface area (Å²) < 4.78 is 17.1. The van der Waals surface area contributed by atoms with E-state index in [-0.39, 0.29) is 0 Å². The first-order valence-corrected chi connectivity index (χ1v) is 8.01. The van der Waals surface area contributed by atoms with Crippen LogP contribution in [0.5, 0.6) is 17.2 Å². The van der Waals surface area contributed by atoms with Crippen molar-refractivity contribution in [2.24, 2.45) is 5.73 Å². The molecule has 4 heteroatoms. The SMILES string of the molecule is CCOc1cc(CCN)ccc1OCCOc1ccc(C)cc1. The van der Waals surface area contributed by atoms with Gasteiger partial charge in [0.25, 0.3) is 0 Å². The molecule has 0 unspecified atom stereocenters. The van der Waals surface area contributed by atoms with Crippen LogP contribution in [0.1, 0.15) is 18.1 Å². The fourth-order valence-corrected chi connectivity index (χ4v) is 2.21. The van der Waals surface area contributed by atoms with Crippen molar-refractivity contribution < 1.29 is 14.2 Å². The zero-order chi connectivity index (χ0) is 16.5. The highest BCUT2D eigenvalue weighted by atomic mass is 16.5. The molecule has 0 radical (unpaired) electrons. The maximum absolute atomic E-state index is 5.79. The second kappa shape index (κ2) is 9.06. The van der Waals surface area contributed by atoms with Gasteiger partial charge < -0.3 is 19.9 Å². The fraction of sp³-hybridized carbons (Fsp3) is 0.368. The summed E-state index contributed by atoms with van der Waals surface area (Å²) in [6, 6.07) is 13.9. The van der Waals surface area contributed by atoms with Crippen LogP contribution in [0, 0.1) is 6.92 Å². The molecule has 2 N–H and O–H groups in total. The van der Waals surface area contributed by atoms with Crippen molar-refractivity contribution in [3.05, 3.63) is 53.6 Å². The van der Waals surface area contributed by atoms with Crippen LogP contribution in [0.15, 0.2) is 42.5 Å². The highest BCUT2D eigenvalue weighted by Crippen LogP contribution is 2.28. The number of nitrogens with two attached hydrogens (primary N) is 1. The van der Waals surface area contributed by atoms with Gasteiger partial charge in [0.2, 0.25) is 0 Å². The summed E-state index contributed by atoms with van der Waals surface area (Å²) in [4.78, 5) is 0. The number of hydrogen-bond donors (Lipinski definition) is 1. The molecule has 0 atom stereocenters. The molecule has 0 fully saturated rings. The van der Waals surface area contributed by atoms with E-state index in [4.69, 9.17) is 19.9 Å². The molecular weight excluding hydrogens is 290 g/mol. The minimum Gasteiger partial charge on any atom is -0.490 e. The van der Waals surface area contributed by atoms with Crippen LogP contribution in [0.25, 0.3) is 0 Å². The van der Waals surface area contributed by atoms with E-state index >= 15 is 0 Å². The van der Waals surface area contributed by atoms with E-state index in [1.165, 1.54) is 5.56 Å². The molecule has 0 aromatic heterocycles. The Morgan fingerprint density at radius 3 is 2.30 bits per heavy atom. The van der Waals surface area contributed by atoms with Gasteiger partial charge in [-0.15, -0.1) is 0 Å². The standard InChI is InChI=1S/C19H25NO3/c1-3-21-19-14-16(10-11-20)6-9-18(19)23-13-12-22-17-7-4-15(2)5-8-17/h4-9,14H,3,10-13,20H2,1-2H3. The first kappa shape index (κ1) is 17.2. The average Bonchev–Trinajstić information content (AvgIpc) is 2.55. The Hall–Kier alpha value is -2.20. The van der Waals surface area contributed by atoms with Gasteiger partial charge in [-0.1, -0.05) is 23.8 Å². The zero-order valence-electron chi connectivity index (χ0n) is 13.9. The maximum Gasteiger partial charge on any atom is 0.161 e. The summed E-state index contributed by atoms with van der Waals surface area (Å²) in [5, 5.41) is 0.